The van der Waals surface area contributed by atoms with Crippen LogP contribution in [0.1, 0.15) is 38.5 Å². The molecule has 294 valence electrons. The number of amides is 4. The maximum absolute atomic E-state index is 13.7. The zero-order chi connectivity index (χ0) is 38.9. The number of sulfonamides is 2. The van der Waals surface area contributed by atoms with Gasteiger partial charge in [0.15, 0.2) is 0 Å². The first kappa shape index (κ1) is 39.7. The number of nitrogens with two attached hydrogens (primary N) is 2. The van der Waals surface area contributed by atoms with Crippen LogP contribution in [0.2, 0.25) is 0 Å². The first-order valence-electron chi connectivity index (χ1n) is 18.3. The van der Waals surface area contributed by atoms with Crippen LogP contribution in [-0.2, 0) is 39.2 Å². The lowest BCUT2D eigenvalue weighted by atomic mass is 9.96. The van der Waals surface area contributed by atoms with Crippen LogP contribution in [0.15, 0.2) is 60.7 Å². The molecule has 4 fully saturated rings. The minimum absolute atomic E-state index is 0.0406. The number of nitrogens with zero attached hydrogens (tertiary/aromatic N) is 4. The van der Waals surface area contributed by atoms with Gasteiger partial charge in [-0.1, -0.05) is 49.2 Å². The fourth-order valence-corrected chi connectivity index (χ4v) is 11.0. The quantitative estimate of drug-likeness (QED) is 0.202. The van der Waals surface area contributed by atoms with Gasteiger partial charge in [0.05, 0.1) is 48.5 Å². The molecule has 2 unspecified atom stereocenters. The number of anilines is 2. The average molecular weight is 787 g/mol. The van der Waals surface area contributed by atoms with Crippen molar-refractivity contribution in [3.05, 3.63) is 60.7 Å². The fraction of sp³-hybridized carbons (Fsp3) is 0.556. The van der Waals surface area contributed by atoms with Crippen molar-refractivity contribution in [2.75, 3.05) is 49.3 Å². The highest BCUT2D eigenvalue weighted by atomic mass is 32.2. The van der Waals surface area contributed by atoms with Crippen LogP contribution in [0.25, 0.3) is 0 Å². The van der Waals surface area contributed by atoms with Crippen molar-refractivity contribution in [2.24, 2.45) is 23.3 Å². The largest absolute Gasteiger partial charge is 0.336 e. The zero-order valence-corrected chi connectivity index (χ0v) is 32.1. The van der Waals surface area contributed by atoms with Gasteiger partial charge in [-0.2, -0.15) is 8.61 Å². The van der Waals surface area contributed by atoms with Crippen molar-refractivity contribution in [3.8, 4) is 0 Å². The molecule has 0 bridgehead atoms. The number of benzene rings is 2. The van der Waals surface area contributed by atoms with Crippen molar-refractivity contribution in [1.82, 2.24) is 18.4 Å². The predicted octanol–water partition coefficient (Wildman–Crippen LogP) is 0.201. The first-order chi connectivity index (χ1) is 25.6. The molecule has 0 aromatic heterocycles. The molecule has 4 amide bonds. The van der Waals surface area contributed by atoms with E-state index in [1.54, 1.807) is 58.3 Å². The minimum atomic E-state index is -3.65. The topological polar surface area (TPSA) is 226 Å². The van der Waals surface area contributed by atoms with E-state index in [-0.39, 0.29) is 62.6 Å². The minimum Gasteiger partial charge on any atom is -0.336 e. The molecule has 18 heteroatoms. The second-order valence-corrected chi connectivity index (χ2v) is 18.7. The third kappa shape index (κ3) is 8.33. The highest BCUT2D eigenvalue weighted by Crippen LogP contribution is 2.39. The molecule has 6 rings (SSSR count). The lowest BCUT2D eigenvalue weighted by Gasteiger charge is -2.30. The van der Waals surface area contributed by atoms with E-state index < -0.39 is 68.1 Å². The van der Waals surface area contributed by atoms with E-state index in [2.05, 4.69) is 10.6 Å². The van der Waals surface area contributed by atoms with Crippen LogP contribution < -0.4 is 22.1 Å². The molecular formula is C36H50N8O8S2. The van der Waals surface area contributed by atoms with Crippen molar-refractivity contribution < 1.29 is 36.0 Å². The Hall–Kier alpha value is -3.94. The lowest BCUT2D eigenvalue weighted by Crippen LogP contribution is -2.51. The number of para-hydroxylation sites is 2. The Morgan fingerprint density at radius 3 is 1.33 bits per heavy atom. The summed E-state index contributed by atoms with van der Waals surface area (Å²) in [6.07, 6.45) is 4.49. The molecule has 54 heavy (non-hydrogen) atoms. The van der Waals surface area contributed by atoms with Crippen LogP contribution in [0.4, 0.5) is 11.4 Å². The number of hydrogen-bond acceptors (Lipinski definition) is 10. The SMILES string of the molecule is CS(=O)(=O)N1C[C@H](C(=O)Nc2ccccc2)[C@@H]2[C@H]1CCN2C(=O)C(N)CCCCC(N)C(=O)N1CC[C@@H]2[C@H]1[C@@H](C(=O)Nc1ccccc1)CN2S(C)(=O)=O. The Bertz CT molecular complexity index is 1800. The van der Waals surface area contributed by atoms with E-state index in [1.165, 1.54) is 8.61 Å². The Balaban J connectivity index is 1.04. The molecule has 2 aromatic rings. The van der Waals surface area contributed by atoms with E-state index in [1.807, 2.05) is 12.1 Å². The van der Waals surface area contributed by atoms with Crippen LogP contribution >= 0.6 is 0 Å². The summed E-state index contributed by atoms with van der Waals surface area (Å²) in [5, 5.41) is 5.71. The van der Waals surface area contributed by atoms with Crippen molar-refractivity contribution in [1.29, 1.82) is 0 Å². The Kier molecular flexibility index (Phi) is 11.8. The maximum atomic E-state index is 13.7. The van der Waals surface area contributed by atoms with E-state index in [9.17, 15) is 36.0 Å². The van der Waals surface area contributed by atoms with Gasteiger partial charge < -0.3 is 31.9 Å². The summed E-state index contributed by atoms with van der Waals surface area (Å²) in [5.41, 5.74) is 13.9. The monoisotopic (exact) mass is 786 g/mol. The fourth-order valence-electron chi connectivity index (χ4n) is 8.74. The second kappa shape index (κ2) is 16.0. The number of fused-ring (bicyclic) bond motifs is 2. The third-order valence-corrected chi connectivity index (χ3v) is 13.8. The number of nitrogens with one attached hydrogen (secondary N) is 2. The molecule has 6 N–H and O–H groups in total. The van der Waals surface area contributed by atoms with Gasteiger partial charge in [-0.25, -0.2) is 16.8 Å². The molecule has 4 saturated heterocycles. The summed E-state index contributed by atoms with van der Waals surface area (Å²) in [6.45, 7) is 0.450. The molecule has 8 atom stereocenters. The summed E-state index contributed by atoms with van der Waals surface area (Å²) in [5.74, 6) is -3.05. The van der Waals surface area contributed by atoms with E-state index in [0.29, 0.717) is 37.1 Å². The van der Waals surface area contributed by atoms with Crippen molar-refractivity contribution in [3.63, 3.8) is 0 Å². The number of carbonyl (C=O) groups is 4. The zero-order valence-electron chi connectivity index (χ0n) is 30.5. The molecule has 0 radical (unpaired) electrons. The smallest absolute Gasteiger partial charge is 0.239 e. The third-order valence-electron chi connectivity index (χ3n) is 11.2. The first-order valence-corrected chi connectivity index (χ1v) is 22.0. The van der Waals surface area contributed by atoms with Crippen molar-refractivity contribution in [2.45, 2.75) is 74.8 Å². The predicted molar refractivity (Wildman–Crippen MR) is 202 cm³/mol. The van der Waals surface area contributed by atoms with Gasteiger partial charge in [0.25, 0.3) is 0 Å². The Morgan fingerprint density at radius 1 is 0.648 bits per heavy atom. The van der Waals surface area contributed by atoms with Gasteiger partial charge in [0.1, 0.15) is 0 Å². The summed E-state index contributed by atoms with van der Waals surface area (Å²) < 4.78 is 53.4. The molecule has 4 aliphatic heterocycles. The number of likely N-dealkylation sites (tertiary alicyclic amines) is 2. The standard InChI is InChI=1S/C36H50N8O8S2/c1-53(49,50)43-21-25(33(45)39-23-11-5-3-6-12-23)31-29(43)17-19-41(31)35(47)27(37)15-9-10-16-28(38)36(48)42-20-18-30-32(42)26(22-44(30)54(2,51)52)34(46)40-24-13-7-4-8-14-24/h3-8,11-14,25-32H,9-10,15-22,37-38H2,1-2H3,(H,39,45)(H,40,46)/t25-,26-,27?,28?,29+,30+,31+,32+/m0/s1. The maximum Gasteiger partial charge on any atom is 0.239 e. The van der Waals surface area contributed by atoms with E-state index in [0.717, 1.165) is 12.5 Å². The highest BCUT2D eigenvalue weighted by Gasteiger charge is 2.57. The molecule has 2 aromatic carbocycles. The van der Waals surface area contributed by atoms with Crippen LogP contribution in [0.3, 0.4) is 0 Å². The lowest BCUT2D eigenvalue weighted by molar-refractivity contribution is -0.136. The normalized spacial score (nSPS) is 27.0. The average Bonchev–Trinajstić information content (AvgIpc) is 3.91. The molecule has 16 nitrogen and oxygen atoms in total. The number of hydrogen-bond donors (Lipinski definition) is 4. The van der Waals surface area contributed by atoms with Gasteiger partial charge in [-0.3, -0.25) is 19.2 Å². The molecule has 0 saturated carbocycles. The summed E-state index contributed by atoms with van der Waals surface area (Å²) in [4.78, 5) is 57.4. The number of rotatable bonds is 13. The van der Waals surface area contributed by atoms with Gasteiger partial charge in [-0.05, 0) is 49.9 Å². The second-order valence-electron chi connectivity index (χ2n) is 14.8. The molecule has 0 aliphatic carbocycles. The Labute approximate surface area is 316 Å². The summed E-state index contributed by atoms with van der Waals surface area (Å²) in [7, 11) is -7.29. The summed E-state index contributed by atoms with van der Waals surface area (Å²) in [6, 6.07) is 13.4. The van der Waals surface area contributed by atoms with Crippen LogP contribution in [0, 0.1) is 11.8 Å². The van der Waals surface area contributed by atoms with Crippen LogP contribution in [-0.4, -0.2) is 134 Å². The number of unbranched alkanes of at least 4 members (excludes halogenated alkanes) is 1. The van der Waals surface area contributed by atoms with E-state index >= 15 is 0 Å². The van der Waals surface area contributed by atoms with Gasteiger partial charge in [0, 0.05) is 49.6 Å². The molecule has 4 heterocycles. The van der Waals surface area contributed by atoms with Crippen LogP contribution in [0.5, 0.6) is 0 Å². The van der Waals surface area contributed by atoms with Gasteiger partial charge in [0.2, 0.25) is 43.7 Å². The van der Waals surface area contributed by atoms with Gasteiger partial charge in [-0.15, -0.1) is 0 Å². The van der Waals surface area contributed by atoms with Crippen molar-refractivity contribution >= 4 is 55.1 Å². The Morgan fingerprint density at radius 2 is 1.00 bits per heavy atom. The number of carbonyl (C=O) groups excluding carboxylic acids is 4. The molecule has 0 spiro atoms. The molecule has 4 aliphatic rings. The molecular weight excluding hydrogens is 737 g/mol. The summed E-state index contributed by atoms with van der Waals surface area (Å²) >= 11 is 0. The van der Waals surface area contributed by atoms with E-state index in [4.69, 9.17) is 11.5 Å². The van der Waals surface area contributed by atoms with Gasteiger partial charge >= 0.3 is 0 Å². The highest BCUT2D eigenvalue weighted by molar-refractivity contribution is 7.88.